The Bertz CT molecular complexity index is 2240. The lowest BCUT2D eigenvalue weighted by molar-refractivity contribution is -0.165. The van der Waals surface area contributed by atoms with Gasteiger partial charge in [0.25, 0.3) is 5.91 Å². The Labute approximate surface area is 420 Å². The molecule has 2 saturated heterocycles. The molecular formula is C53H78N8O10. The highest BCUT2D eigenvalue weighted by atomic mass is 16.5. The van der Waals surface area contributed by atoms with Gasteiger partial charge in [0.1, 0.15) is 54.4 Å². The summed E-state index contributed by atoms with van der Waals surface area (Å²) in [6.07, 6.45) is -0.892. The van der Waals surface area contributed by atoms with Crippen LogP contribution in [0.5, 0.6) is 0 Å². The summed E-state index contributed by atoms with van der Waals surface area (Å²) in [6.45, 7) is 17.3. The van der Waals surface area contributed by atoms with Crippen LogP contribution < -0.4 is 10.6 Å². The Balaban J connectivity index is 1.89. The Morgan fingerprint density at radius 1 is 0.634 bits per heavy atom. The molecule has 4 rings (SSSR count). The second kappa shape index (κ2) is 24.7. The topological polar surface area (TPSA) is 206 Å². The first-order valence-electron chi connectivity index (χ1n) is 24.8. The number of hydrogen-bond acceptors (Lipinski definition) is 10. The molecule has 2 aromatic carbocycles. The number of cyclic esters (lactones) is 1. The van der Waals surface area contributed by atoms with Gasteiger partial charge in [-0.25, -0.2) is 4.79 Å². The molecule has 0 aliphatic carbocycles. The summed E-state index contributed by atoms with van der Waals surface area (Å²) < 4.78 is 6.07. The number of benzene rings is 2. The molecule has 71 heavy (non-hydrogen) atoms. The van der Waals surface area contributed by atoms with Gasteiger partial charge in [-0.15, -0.1) is 0 Å². The molecule has 0 spiro atoms. The number of hydrogen-bond donors (Lipinski definition) is 2. The van der Waals surface area contributed by atoms with Crippen molar-refractivity contribution in [2.75, 3.05) is 41.8 Å². The number of ether oxygens (including phenoxy) is 1. The fourth-order valence-electron chi connectivity index (χ4n) is 9.56. The standard InChI is InChI=1S/C53H78N8O10/c1-30(2)26-40-49(66)57(12)35(9)47(64)61-29-33(7)27-41(61)50(67)56(11)34(8)45(62)54-39(28-37-22-18-16-19-23-37)48(65)59(14)43(31(3)4)52(69)60(15)44(32(5)6)53(70)71-36(10)42(51(68)58(40)13)55-46(63)38-24-20-17-21-25-38/h16-25,30-36,39-44H,26-29H2,1-15H3,(H,54,62)(H,55,63)/t33-,34+,35+,36-,39+,40+,41+,42+,43+,44+/m1/s1. The lowest BCUT2D eigenvalue weighted by Crippen LogP contribution is -2.61. The van der Waals surface area contributed by atoms with E-state index in [1.807, 2.05) is 26.8 Å². The second-order valence-corrected chi connectivity index (χ2v) is 20.7. The maximum Gasteiger partial charge on any atom is 0.329 e. The van der Waals surface area contributed by atoms with E-state index in [-0.39, 0.29) is 43.2 Å². The van der Waals surface area contributed by atoms with Gasteiger partial charge < -0.3 is 44.8 Å². The molecule has 390 valence electrons. The van der Waals surface area contributed by atoms with E-state index in [9.17, 15) is 43.2 Å². The summed E-state index contributed by atoms with van der Waals surface area (Å²) in [5, 5.41) is 5.61. The van der Waals surface area contributed by atoms with Crippen molar-refractivity contribution in [2.45, 2.75) is 143 Å². The molecule has 18 heteroatoms. The molecule has 0 radical (unpaired) electrons. The van der Waals surface area contributed by atoms with E-state index < -0.39 is 120 Å². The van der Waals surface area contributed by atoms with E-state index in [4.69, 9.17) is 4.74 Å². The maximum atomic E-state index is 14.9. The third kappa shape index (κ3) is 13.6. The number of amides is 8. The minimum absolute atomic E-state index is 0.0360. The molecule has 8 amide bonds. The van der Waals surface area contributed by atoms with Gasteiger partial charge in [-0.3, -0.25) is 38.4 Å². The van der Waals surface area contributed by atoms with Crippen LogP contribution >= 0.6 is 0 Å². The summed E-state index contributed by atoms with van der Waals surface area (Å²) >= 11 is 0. The van der Waals surface area contributed by atoms with Crippen LogP contribution in [0.4, 0.5) is 0 Å². The summed E-state index contributed by atoms with van der Waals surface area (Å²) in [5.41, 5.74) is 0.929. The molecule has 0 aromatic heterocycles. The third-order valence-corrected chi connectivity index (χ3v) is 14.0. The van der Waals surface area contributed by atoms with Gasteiger partial charge in [0.05, 0.1) is 0 Å². The minimum Gasteiger partial charge on any atom is -0.458 e. The molecule has 2 fully saturated rings. The van der Waals surface area contributed by atoms with Crippen molar-refractivity contribution in [1.29, 1.82) is 0 Å². The highest BCUT2D eigenvalue weighted by Gasteiger charge is 2.46. The number of likely N-dealkylation sites (N-methyl/N-ethyl adjacent to an activating group) is 5. The first-order chi connectivity index (χ1) is 33.2. The Hall–Kier alpha value is -6.33. The molecule has 2 aliphatic rings. The van der Waals surface area contributed by atoms with Gasteiger partial charge in [0.15, 0.2) is 0 Å². The first-order valence-corrected chi connectivity index (χ1v) is 24.8. The highest BCUT2D eigenvalue weighted by molar-refractivity contribution is 6.00. The monoisotopic (exact) mass is 987 g/mol. The Morgan fingerprint density at radius 3 is 1.72 bits per heavy atom. The molecule has 2 aromatic rings. The number of nitrogens with one attached hydrogen (secondary N) is 2. The molecule has 2 heterocycles. The molecule has 0 bridgehead atoms. The fourth-order valence-corrected chi connectivity index (χ4v) is 9.56. The van der Waals surface area contributed by atoms with E-state index in [1.165, 1.54) is 78.5 Å². The van der Waals surface area contributed by atoms with Crippen molar-refractivity contribution in [2.24, 2.45) is 23.7 Å². The predicted molar refractivity (Wildman–Crippen MR) is 268 cm³/mol. The van der Waals surface area contributed by atoms with Crippen molar-refractivity contribution in [1.82, 2.24) is 40.0 Å². The zero-order valence-electron chi connectivity index (χ0n) is 44.4. The van der Waals surface area contributed by atoms with E-state index in [0.717, 1.165) is 0 Å². The van der Waals surface area contributed by atoms with Gasteiger partial charge >= 0.3 is 5.97 Å². The van der Waals surface area contributed by atoms with Crippen LogP contribution in [0.2, 0.25) is 0 Å². The van der Waals surface area contributed by atoms with Crippen LogP contribution in [0.1, 0.15) is 98.0 Å². The summed E-state index contributed by atoms with van der Waals surface area (Å²) in [7, 11) is 7.22. The second-order valence-electron chi connectivity index (χ2n) is 20.7. The molecule has 2 N–H and O–H groups in total. The molecule has 10 atom stereocenters. The third-order valence-electron chi connectivity index (χ3n) is 14.0. The van der Waals surface area contributed by atoms with Crippen molar-refractivity contribution in [3.05, 3.63) is 71.8 Å². The van der Waals surface area contributed by atoms with Gasteiger partial charge in [-0.2, -0.15) is 0 Å². The SMILES string of the molecule is CC(C)C[C@H]1C(=O)N(C)[C@@H](C)C(=O)N2C[C@H](C)C[C@H]2C(=O)N(C)[C@@H](C)C(=O)N[C@@H](Cc2ccccc2)C(=O)N(C)[C@@H](C(C)C)C(=O)N(C)[C@@H](C(C)C)C(=O)O[C@H](C)[C@H](NC(=O)c2ccccc2)C(=O)N1C. The van der Waals surface area contributed by atoms with Crippen LogP contribution in [0.25, 0.3) is 0 Å². The van der Waals surface area contributed by atoms with Crippen molar-refractivity contribution in [3.63, 3.8) is 0 Å². The summed E-state index contributed by atoms with van der Waals surface area (Å²) in [6, 6.07) is 7.61. The lowest BCUT2D eigenvalue weighted by Gasteiger charge is -2.39. The molecule has 0 saturated carbocycles. The number of esters is 1. The minimum atomic E-state index is -1.55. The largest absolute Gasteiger partial charge is 0.458 e. The van der Waals surface area contributed by atoms with Crippen molar-refractivity contribution in [3.8, 4) is 0 Å². The van der Waals surface area contributed by atoms with Crippen molar-refractivity contribution >= 4 is 53.2 Å². The van der Waals surface area contributed by atoms with Crippen LogP contribution in [0.15, 0.2) is 60.7 Å². The fraction of sp³-hybridized carbons (Fsp3) is 0.604. The molecule has 2 aliphatic heterocycles. The zero-order chi connectivity index (χ0) is 53.3. The number of rotatable bonds is 8. The van der Waals surface area contributed by atoms with Gasteiger partial charge in [-0.05, 0) is 75.0 Å². The van der Waals surface area contributed by atoms with E-state index in [2.05, 4.69) is 10.6 Å². The van der Waals surface area contributed by atoms with Crippen LogP contribution in [-0.4, -0.2) is 179 Å². The highest BCUT2D eigenvalue weighted by Crippen LogP contribution is 2.28. The molecule has 0 unspecified atom stereocenters. The normalized spacial score (nSPS) is 27.8. The van der Waals surface area contributed by atoms with Crippen molar-refractivity contribution < 1.29 is 47.9 Å². The Kier molecular flexibility index (Phi) is 19.9. The number of carbonyl (C=O) groups excluding carboxylic acids is 9. The summed E-state index contributed by atoms with van der Waals surface area (Å²) in [4.78, 5) is 138. The smallest absolute Gasteiger partial charge is 0.329 e. The van der Waals surface area contributed by atoms with Gasteiger partial charge in [0, 0.05) is 53.8 Å². The quantitative estimate of drug-likeness (QED) is 0.370. The van der Waals surface area contributed by atoms with Gasteiger partial charge in [0.2, 0.25) is 41.4 Å². The van der Waals surface area contributed by atoms with E-state index in [0.29, 0.717) is 5.56 Å². The van der Waals surface area contributed by atoms with Gasteiger partial charge in [-0.1, -0.05) is 97.0 Å². The maximum absolute atomic E-state index is 14.9. The van der Waals surface area contributed by atoms with E-state index in [1.54, 1.807) is 89.2 Å². The molecule has 18 nitrogen and oxygen atoms in total. The number of nitrogens with zero attached hydrogens (tertiary/aromatic N) is 6. The molecular weight excluding hydrogens is 909 g/mol. The Morgan fingerprint density at radius 2 is 1.17 bits per heavy atom. The average Bonchev–Trinajstić information content (AvgIpc) is 3.73. The van der Waals surface area contributed by atoms with Crippen LogP contribution in [0.3, 0.4) is 0 Å². The number of fused-ring (bicyclic) bond motifs is 1. The lowest BCUT2D eigenvalue weighted by atomic mass is 9.96. The summed E-state index contributed by atoms with van der Waals surface area (Å²) in [5.74, 6) is -7.08. The van der Waals surface area contributed by atoms with E-state index >= 15 is 0 Å². The number of carbonyl (C=O) groups is 9. The zero-order valence-corrected chi connectivity index (χ0v) is 44.4. The average molecular weight is 987 g/mol. The van der Waals surface area contributed by atoms with Crippen LogP contribution in [-0.2, 0) is 49.5 Å². The first kappa shape index (κ1) is 57.3. The predicted octanol–water partition coefficient (Wildman–Crippen LogP) is 3.23. The van der Waals surface area contributed by atoms with Crippen LogP contribution in [0, 0.1) is 23.7 Å².